The minimum absolute atomic E-state index is 0.0921. The van der Waals surface area contributed by atoms with Crippen molar-refractivity contribution < 1.29 is 14.3 Å². The molecule has 0 aromatic heterocycles. The van der Waals surface area contributed by atoms with Gasteiger partial charge in [0.1, 0.15) is 11.5 Å². The SMILES string of the molecule is COc1ccc(C2=NN3[C@H](C2)c2ccccc2O[C@]32C(=O)N(C)c3ccccc32)cc1. The van der Waals surface area contributed by atoms with E-state index in [0.717, 1.165) is 39.6 Å². The first kappa shape index (κ1) is 18.0. The number of para-hydroxylation sites is 2. The van der Waals surface area contributed by atoms with E-state index in [2.05, 4.69) is 6.07 Å². The molecule has 0 saturated carbocycles. The third-order valence-electron chi connectivity index (χ3n) is 6.42. The molecule has 3 aromatic carbocycles. The molecule has 3 aliphatic heterocycles. The van der Waals surface area contributed by atoms with E-state index in [4.69, 9.17) is 14.6 Å². The highest BCUT2D eigenvalue weighted by Crippen LogP contribution is 2.55. The number of hydrazone groups is 1. The van der Waals surface area contributed by atoms with Crippen LogP contribution >= 0.6 is 0 Å². The van der Waals surface area contributed by atoms with Crippen LogP contribution in [0.3, 0.4) is 0 Å². The fraction of sp³-hybridized carbons (Fsp3) is 0.200. The number of rotatable bonds is 2. The summed E-state index contributed by atoms with van der Waals surface area (Å²) in [6, 6.07) is 23.5. The van der Waals surface area contributed by atoms with Crippen molar-refractivity contribution in [2.24, 2.45) is 5.10 Å². The van der Waals surface area contributed by atoms with Crippen LogP contribution in [0.5, 0.6) is 11.5 Å². The van der Waals surface area contributed by atoms with Gasteiger partial charge in [-0.05, 0) is 42.0 Å². The molecule has 0 N–H and O–H groups in total. The highest BCUT2D eigenvalue weighted by Gasteiger charge is 2.62. The molecular formula is C25H21N3O3. The average Bonchev–Trinajstić information content (AvgIpc) is 3.36. The standard InChI is InChI=1S/C25H21N3O3/c1-27-21-9-5-4-8-19(21)25(24(27)29)28-22(18-7-3-6-10-23(18)31-25)15-20(26-28)16-11-13-17(30-2)14-12-16/h3-14,22H,15H2,1-2H3/t22-,25-/m1/s1. The monoisotopic (exact) mass is 411 g/mol. The number of hydrogen-bond acceptors (Lipinski definition) is 5. The summed E-state index contributed by atoms with van der Waals surface area (Å²) >= 11 is 0. The van der Waals surface area contributed by atoms with E-state index >= 15 is 0 Å². The second kappa shape index (κ2) is 6.35. The molecule has 0 radical (unpaired) electrons. The van der Waals surface area contributed by atoms with Gasteiger partial charge in [0.15, 0.2) is 0 Å². The molecule has 6 heteroatoms. The lowest BCUT2D eigenvalue weighted by molar-refractivity contribution is -0.163. The van der Waals surface area contributed by atoms with Crippen LogP contribution in [0, 0.1) is 0 Å². The number of carbonyl (C=O) groups excluding carboxylic acids is 1. The summed E-state index contributed by atoms with van der Waals surface area (Å²) in [5.74, 6) is 1.40. The van der Waals surface area contributed by atoms with Crippen LogP contribution in [0.2, 0.25) is 0 Å². The number of nitrogens with zero attached hydrogens (tertiary/aromatic N) is 3. The molecule has 2 atom stereocenters. The van der Waals surface area contributed by atoms with Gasteiger partial charge in [-0.2, -0.15) is 5.10 Å². The molecule has 3 aliphatic rings. The Morgan fingerprint density at radius 1 is 1.03 bits per heavy atom. The lowest BCUT2D eigenvalue weighted by Crippen LogP contribution is -2.56. The van der Waals surface area contributed by atoms with Crippen LogP contribution in [0.1, 0.15) is 29.2 Å². The molecule has 0 fully saturated rings. The fourth-order valence-electron chi connectivity index (χ4n) is 4.88. The van der Waals surface area contributed by atoms with Gasteiger partial charge in [-0.25, -0.2) is 5.01 Å². The van der Waals surface area contributed by atoms with Crippen LogP contribution in [0.25, 0.3) is 0 Å². The maximum Gasteiger partial charge on any atom is 0.306 e. The Bertz CT molecular complexity index is 1240. The first-order valence-electron chi connectivity index (χ1n) is 10.3. The van der Waals surface area contributed by atoms with Crippen molar-refractivity contribution in [2.45, 2.75) is 18.2 Å². The minimum Gasteiger partial charge on any atom is -0.497 e. The van der Waals surface area contributed by atoms with E-state index in [1.165, 1.54) is 0 Å². The number of anilines is 1. The normalized spacial score (nSPS) is 23.2. The van der Waals surface area contributed by atoms with Gasteiger partial charge < -0.3 is 14.4 Å². The summed E-state index contributed by atoms with van der Waals surface area (Å²) in [6.07, 6.45) is 0.688. The summed E-state index contributed by atoms with van der Waals surface area (Å²) < 4.78 is 11.8. The van der Waals surface area contributed by atoms with Crippen LogP contribution in [-0.2, 0) is 10.5 Å². The molecule has 6 nitrogen and oxygen atoms in total. The Hall–Kier alpha value is -3.80. The number of fused-ring (bicyclic) bond motifs is 6. The molecule has 31 heavy (non-hydrogen) atoms. The average molecular weight is 411 g/mol. The van der Waals surface area contributed by atoms with Crippen molar-refractivity contribution in [1.82, 2.24) is 5.01 Å². The molecule has 3 aromatic rings. The number of hydrogen-bond donors (Lipinski definition) is 0. The summed E-state index contributed by atoms with van der Waals surface area (Å²) in [5.41, 5.74) is 3.33. The van der Waals surface area contributed by atoms with Gasteiger partial charge in [0.25, 0.3) is 5.91 Å². The molecule has 1 amide bonds. The predicted octanol–water partition coefficient (Wildman–Crippen LogP) is 4.07. The summed E-state index contributed by atoms with van der Waals surface area (Å²) in [4.78, 5) is 15.4. The molecule has 3 heterocycles. The second-order valence-corrected chi connectivity index (χ2v) is 8.00. The topological polar surface area (TPSA) is 54.4 Å². The number of methoxy groups -OCH3 is 1. The van der Waals surface area contributed by atoms with Crippen molar-refractivity contribution in [3.8, 4) is 11.5 Å². The summed E-state index contributed by atoms with van der Waals surface area (Å²) in [7, 11) is 3.44. The number of likely N-dealkylation sites (N-methyl/N-ethyl adjacent to an activating group) is 1. The van der Waals surface area contributed by atoms with E-state index in [1.54, 1.807) is 19.1 Å². The molecule has 1 spiro atoms. The number of amides is 1. The van der Waals surface area contributed by atoms with Gasteiger partial charge >= 0.3 is 5.72 Å². The molecular weight excluding hydrogens is 390 g/mol. The van der Waals surface area contributed by atoms with Crippen molar-refractivity contribution in [3.05, 3.63) is 89.5 Å². The minimum atomic E-state index is -1.31. The summed E-state index contributed by atoms with van der Waals surface area (Å²) in [5, 5.41) is 6.86. The highest BCUT2D eigenvalue weighted by molar-refractivity contribution is 6.08. The van der Waals surface area contributed by atoms with Crippen molar-refractivity contribution in [2.75, 3.05) is 19.1 Å². The quantitative estimate of drug-likeness (QED) is 0.638. The van der Waals surface area contributed by atoms with Crippen LogP contribution in [0.4, 0.5) is 5.69 Å². The fourth-order valence-corrected chi connectivity index (χ4v) is 4.88. The van der Waals surface area contributed by atoms with E-state index in [1.807, 2.05) is 71.7 Å². The Kier molecular flexibility index (Phi) is 3.69. The van der Waals surface area contributed by atoms with Gasteiger partial charge in [0, 0.05) is 19.0 Å². The van der Waals surface area contributed by atoms with Crippen LogP contribution < -0.4 is 14.4 Å². The van der Waals surface area contributed by atoms with E-state index < -0.39 is 5.72 Å². The lowest BCUT2D eigenvalue weighted by atomic mass is 9.92. The van der Waals surface area contributed by atoms with Crippen molar-refractivity contribution in [3.63, 3.8) is 0 Å². The van der Waals surface area contributed by atoms with Crippen molar-refractivity contribution >= 4 is 17.3 Å². The Labute approximate surface area is 180 Å². The Morgan fingerprint density at radius 2 is 1.77 bits per heavy atom. The zero-order chi connectivity index (χ0) is 21.2. The van der Waals surface area contributed by atoms with Crippen molar-refractivity contribution in [1.29, 1.82) is 0 Å². The van der Waals surface area contributed by atoms with E-state index in [-0.39, 0.29) is 11.9 Å². The third-order valence-corrected chi connectivity index (χ3v) is 6.42. The largest absolute Gasteiger partial charge is 0.497 e. The predicted molar refractivity (Wildman–Crippen MR) is 117 cm³/mol. The third kappa shape index (κ3) is 2.33. The van der Waals surface area contributed by atoms with E-state index in [0.29, 0.717) is 6.42 Å². The zero-order valence-corrected chi connectivity index (χ0v) is 17.3. The highest BCUT2D eigenvalue weighted by atomic mass is 16.5. The molecule has 0 saturated heterocycles. The Balaban J connectivity index is 1.55. The molecule has 6 rings (SSSR count). The zero-order valence-electron chi connectivity index (χ0n) is 17.3. The van der Waals surface area contributed by atoms with Gasteiger partial charge in [0.05, 0.1) is 30.1 Å². The van der Waals surface area contributed by atoms with Gasteiger partial charge in [-0.15, -0.1) is 0 Å². The van der Waals surface area contributed by atoms with Gasteiger partial charge in [-0.3, -0.25) is 4.79 Å². The second-order valence-electron chi connectivity index (χ2n) is 8.00. The summed E-state index contributed by atoms with van der Waals surface area (Å²) in [6.45, 7) is 0. The van der Waals surface area contributed by atoms with Crippen LogP contribution in [0.15, 0.2) is 77.9 Å². The number of carbonyl (C=O) groups is 1. The number of benzene rings is 3. The maximum atomic E-state index is 13.7. The molecule has 0 unspecified atom stereocenters. The maximum absolute atomic E-state index is 13.7. The van der Waals surface area contributed by atoms with E-state index in [9.17, 15) is 4.79 Å². The molecule has 0 bridgehead atoms. The smallest absolute Gasteiger partial charge is 0.306 e. The molecule has 154 valence electrons. The van der Waals surface area contributed by atoms with Gasteiger partial charge in [0.2, 0.25) is 0 Å². The lowest BCUT2D eigenvalue weighted by Gasteiger charge is -2.44. The molecule has 0 aliphatic carbocycles. The Morgan fingerprint density at radius 3 is 2.58 bits per heavy atom. The van der Waals surface area contributed by atoms with Crippen LogP contribution in [-0.4, -0.2) is 30.8 Å². The van der Waals surface area contributed by atoms with Gasteiger partial charge in [-0.1, -0.05) is 36.4 Å². The first-order valence-corrected chi connectivity index (χ1v) is 10.3. The number of ether oxygens (including phenoxy) is 2. The first-order chi connectivity index (χ1) is 15.1.